The van der Waals surface area contributed by atoms with Gasteiger partial charge in [-0.3, -0.25) is 9.59 Å². The Morgan fingerprint density at radius 3 is 2.42 bits per heavy atom. The summed E-state index contributed by atoms with van der Waals surface area (Å²) in [6.07, 6.45) is -3.80. The highest BCUT2D eigenvalue weighted by Crippen LogP contribution is 2.27. The van der Waals surface area contributed by atoms with Crippen molar-refractivity contribution in [1.29, 1.82) is 0 Å². The molecule has 1 aliphatic heterocycles. The number of carboxylic acids is 1. The molecule has 1 aromatic carbocycles. The molecule has 132 valence electrons. The topological polar surface area (TPSA) is 66.8 Å². The molecule has 0 bridgehead atoms. The smallest absolute Gasteiger partial charge is 0.481 e. The molecule has 0 aromatic heterocycles. The van der Waals surface area contributed by atoms with Gasteiger partial charge >= 0.3 is 12.3 Å². The minimum Gasteiger partial charge on any atom is -0.481 e. The quantitative estimate of drug-likeness (QED) is 0.891. The molecule has 8 heteroatoms. The molecule has 0 aliphatic carbocycles. The van der Waals surface area contributed by atoms with Gasteiger partial charge in [-0.25, -0.2) is 0 Å². The van der Waals surface area contributed by atoms with Gasteiger partial charge in [-0.05, 0) is 30.9 Å². The second kappa shape index (κ2) is 7.55. The largest absolute Gasteiger partial charge is 0.573 e. The van der Waals surface area contributed by atoms with Gasteiger partial charge in [-0.15, -0.1) is 13.2 Å². The van der Waals surface area contributed by atoms with E-state index in [9.17, 15) is 22.8 Å². The van der Waals surface area contributed by atoms with Gasteiger partial charge in [-0.1, -0.05) is 18.2 Å². The molecule has 0 radical (unpaired) electrons. The Labute approximate surface area is 137 Å². The highest BCUT2D eigenvalue weighted by Gasteiger charge is 2.32. The van der Waals surface area contributed by atoms with Gasteiger partial charge in [0.1, 0.15) is 5.75 Å². The van der Waals surface area contributed by atoms with Crippen molar-refractivity contribution in [1.82, 2.24) is 4.90 Å². The molecule has 1 aliphatic rings. The molecule has 1 fully saturated rings. The molecule has 1 N–H and O–H groups in total. The zero-order valence-electron chi connectivity index (χ0n) is 12.9. The van der Waals surface area contributed by atoms with Crippen LogP contribution in [0.1, 0.15) is 24.8 Å². The lowest BCUT2D eigenvalue weighted by Crippen LogP contribution is -2.40. The first kappa shape index (κ1) is 18.1. The van der Waals surface area contributed by atoms with Crippen LogP contribution in [0, 0.1) is 5.92 Å². The van der Waals surface area contributed by atoms with E-state index in [2.05, 4.69) is 4.74 Å². The summed E-state index contributed by atoms with van der Waals surface area (Å²) in [5, 5.41) is 8.93. The number of carboxylic acid groups (broad SMARTS) is 1. The van der Waals surface area contributed by atoms with Crippen LogP contribution in [0.2, 0.25) is 0 Å². The number of hydrogen-bond acceptors (Lipinski definition) is 3. The third kappa shape index (κ3) is 5.14. The van der Waals surface area contributed by atoms with Crippen LogP contribution in [-0.2, 0) is 16.0 Å². The number of piperidine rings is 1. The zero-order valence-corrected chi connectivity index (χ0v) is 12.9. The summed E-state index contributed by atoms with van der Waals surface area (Å²) in [5.74, 6) is -1.79. The van der Waals surface area contributed by atoms with E-state index in [1.165, 1.54) is 18.2 Å². The number of ether oxygens (including phenoxy) is 1. The fourth-order valence-electron chi connectivity index (χ4n) is 2.71. The molecule has 1 amide bonds. The summed E-state index contributed by atoms with van der Waals surface area (Å²) in [6.45, 7) is 0.715. The van der Waals surface area contributed by atoms with E-state index < -0.39 is 18.2 Å². The molecule has 1 heterocycles. The molecule has 0 atom stereocenters. The second-order valence-electron chi connectivity index (χ2n) is 5.65. The van der Waals surface area contributed by atoms with Crippen LogP contribution in [0.3, 0.4) is 0 Å². The number of aliphatic carboxylic acids is 1. The van der Waals surface area contributed by atoms with Crippen LogP contribution in [0.15, 0.2) is 24.3 Å². The molecule has 5 nitrogen and oxygen atoms in total. The molecule has 2 rings (SSSR count). The monoisotopic (exact) mass is 345 g/mol. The van der Waals surface area contributed by atoms with Crippen LogP contribution in [0.4, 0.5) is 13.2 Å². The number of rotatable bonds is 5. The molecule has 0 unspecified atom stereocenters. The van der Waals surface area contributed by atoms with Gasteiger partial charge < -0.3 is 14.7 Å². The predicted octanol–water partition coefficient (Wildman–Crippen LogP) is 2.84. The van der Waals surface area contributed by atoms with Crippen LogP contribution in [-0.4, -0.2) is 41.3 Å². The maximum absolute atomic E-state index is 12.4. The number of halogens is 3. The first-order valence-corrected chi connectivity index (χ1v) is 7.60. The van der Waals surface area contributed by atoms with Crippen molar-refractivity contribution in [3.05, 3.63) is 29.8 Å². The lowest BCUT2D eigenvalue weighted by Gasteiger charge is -2.30. The van der Waals surface area contributed by atoms with Crippen molar-refractivity contribution in [2.75, 3.05) is 13.1 Å². The summed E-state index contributed by atoms with van der Waals surface area (Å²) in [6, 6.07) is 5.72. The molecule has 1 saturated heterocycles. The van der Waals surface area contributed by atoms with Crippen molar-refractivity contribution in [2.24, 2.45) is 5.92 Å². The van der Waals surface area contributed by atoms with Crippen molar-refractivity contribution in [3.63, 3.8) is 0 Å². The first-order chi connectivity index (χ1) is 11.3. The van der Waals surface area contributed by atoms with Gasteiger partial charge in [0.25, 0.3) is 0 Å². The Morgan fingerprint density at radius 1 is 1.21 bits per heavy atom. The summed E-state index contributed by atoms with van der Waals surface area (Å²) >= 11 is 0. The van der Waals surface area contributed by atoms with Crippen LogP contribution in [0.5, 0.6) is 5.75 Å². The molecular formula is C16H18F3NO4. The zero-order chi connectivity index (χ0) is 17.7. The highest BCUT2D eigenvalue weighted by atomic mass is 19.4. The number of carbonyl (C=O) groups excluding carboxylic acids is 1. The SMILES string of the molecule is O=C(O)C1CCN(C(=O)CCc2ccccc2OC(F)(F)F)CC1. The van der Waals surface area contributed by atoms with Crippen molar-refractivity contribution in [2.45, 2.75) is 32.0 Å². The van der Waals surface area contributed by atoms with Gasteiger partial charge in [0, 0.05) is 19.5 Å². The minimum atomic E-state index is -4.78. The van der Waals surface area contributed by atoms with Crippen molar-refractivity contribution >= 4 is 11.9 Å². The van der Waals surface area contributed by atoms with E-state index >= 15 is 0 Å². The fourth-order valence-corrected chi connectivity index (χ4v) is 2.71. The minimum absolute atomic E-state index is 0.0516. The maximum atomic E-state index is 12.4. The highest BCUT2D eigenvalue weighted by molar-refractivity contribution is 5.77. The molecule has 1 aromatic rings. The van der Waals surface area contributed by atoms with E-state index in [1.54, 1.807) is 11.0 Å². The standard InChI is InChI=1S/C16H18F3NO4/c17-16(18,19)24-13-4-2-1-3-11(13)5-6-14(21)20-9-7-12(8-10-20)15(22)23/h1-4,12H,5-10H2,(H,22,23). The normalized spacial score (nSPS) is 16.0. The fraction of sp³-hybridized carbons (Fsp3) is 0.500. The average molecular weight is 345 g/mol. The Kier molecular flexibility index (Phi) is 5.69. The Morgan fingerprint density at radius 2 is 1.83 bits per heavy atom. The van der Waals surface area contributed by atoms with E-state index in [0.29, 0.717) is 31.5 Å². The van der Waals surface area contributed by atoms with E-state index in [0.717, 1.165) is 0 Å². The Bertz CT molecular complexity index is 595. The van der Waals surface area contributed by atoms with Gasteiger partial charge in [-0.2, -0.15) is 0 Å². The number of hydrogen-bond donors (Lipinski definition) is 1. The maximum Gasteiger partial charge on any atom is 0.573 e. The predicted molar refractivity (Wildman–Crippen MR) is 78.4 cm³/mol. The third-order valence-corrected chi connectivity index (χ3v) is 4.00. The summed E-state index contributed by atoms with van der Waals surface area (Å²) in [5.41, 5.74) is 0.309. The summed E-state index contributed by atoms with van der Waals surface area (Å²) in [4.78, 5) is 24.6. The van der Waals surface area contributed by atoms with Crippen molar-refractivity contribution < 1.29 is 32.6 Å². The van der Waals surface area contributed by atoms with Crippen molar-refractivity contribution in [3.8, 4) is 5.75 Å². The summed E-state index contributed by atoms with van der Waals surface area (Å²) in [7, 11) is 0. The molecule has 0 saturated carbocycles. The molecule has 24 heavy (non-hydrogen) atoms. The number of alkyl halides is 3. The number of carbonyl (C=O) groups is 2. The van der Waals surface area contributed by atoms with Crippen LogP contribution >= 0.6 is 0 Å². The van der Waals surface area contributed by atoms with Crippen LogP contribution < -0.4 is 4.74 Å². The van der Waals surface area contributed by atoms with Gasteiger partial charge in [0.2, 0.25) is 5.91 Å². The Balaban J connectivity index is 1.90. The van der Waals surface area contributed by atoms with E-state index in [-0.39, 0.29) is 24.5 Å². The van der Waals surface area contributed by atoms with Crippen LogP contribution in [0.25, 0.3) is 0 Å². The lowest BCUT2D eigenvalue weighted by molar-refractivity contribution is -0.274. The Hall–Kier alpha value is -2.25. The molecular weight excluding hydrogens is 327 g/mol. The number of aryl methyl sites for hydroxylation is 1. The van der Waals surface area contributed by atoms with E-state index in [1.807, 2.05) is 0 Å². The summed E-state index contributed by atoms with van der Waals surface area (Å²) < 4.78 is 41.1. The lowest BCUT2D eigenvalue weighted by atomic mass is 9.96. The average Bonchev–Trinajstić information content (AvgIpc) is 2.52. The van der Waals surface area contributed by atoms with Gasteiger partial charge in [0.15, 0.2) is 0 Å². The number of para-hydroxylation sites is 1. The number of nitrogens with zero attached hydrogens (tertiary/aromatic N) is 1. The number of benzene rings is 1. The number of amides is 1. The van der Waals surface area contributed by atoms with E-state index in [4.69, 9.17) is 5.11 Å². The molecule has 0 spiro atoms. The second-order valence-corrected chi connectivity index (χ2v) is 5.65. The third-order valence-electron chi connectivity index (χ3n) is 4.00. The van der Waals surface area contributed by atoms with Gasteiger partial charge in [0.05, 0.1) is 5.92 Å². The number of likely N-dealkylation sites (tertiary alicyclic amines) is 1. The first-order valence-electron chi connectivity index (χ1n) is 7.60.